The molecule has 0 aliphatic carbocycles. The Hall–Kier alpha value is -2.40. The first-order chi connectivity index (χ1) is 11.2. The molecule has 122 valence electrons. The molecule has 23 heavy (non-hydrogen) atoms. The fourth-order valence-corrected chi connectivity index (χ4v) is 2.22. The summed E-state index contributed by atoms with van der Waals surface area (Å²) in [5.74, 6) is 0.588. The second kappa shape index (κ2) is 8.90. The highest BCUT2D eigenvalue weighted by Crippen LogP contribution is 2.18. The maximum absolute atomic E-state index is 12.1. The van der Waals surface area contributed by atoms with E-state index in [1.807, 2.05) is 18.2 Å². The molecule has 0 aliphatic rings. The van der Waals surface area contributed by atoms with Crippen LogP contribution in [0.2, 0.25) is 0 Å². The molecule has 1 atom stereocenters. The van der Waals surface area contributed by atoms with Crippen molar-refractivity contribution in [3.05, 3.63) is 59.8 Å². The lowest BCUT2D eigenvalue weighted by atomic mass is 10.1. The number of carbonyl (C=O) groups is 1. The van der Waals surface area contributed by atoms with Gasteiger partial charge >= 0.3 is 0 Å². The van der Waals surface area contributed by atoms with Gasteiger partial charge in [-0.05, 0) is 31.0 Å². The maximum atomic E-state index is 12.1. The summed E-state index contributed by atoms with van der Waals surface area (Å²) in [7, 11) is 1.65. The molecule has 2 aromatic rings. The van der Waals surface area contributed by atoms with Crippen molar-refractivity contribution in [2.24, 2.45) is 0 Å². The van der Waals surface area contributed by atoms with E-state index in [0.717, 1.165) is 6.42 Å². The minimum atomic E-state index is -0.0982. The van der Waals surface area contributed by atoms with E-state index >= 15 is 0 Å². The van der Waals surface area contributed by atoms with Crippen molar-refractivity contribution in [3.63, 3.8) is 0 Å². The Morgan fingerprint density at radius 3 is 2.78 bits per heavy atom. The first kappa shape index (κ1) is 17.0. The molecule has 1 amide bonds. The molecule has 1 heterocycles. The SMILES string of the molecule is COCCCNC(=O)c1ccnc(NC(C)c2ccccc2)c1. The van der Waals surface area contributed by atoms with Crippen molar-refractivity contribution in [1.82, 2.24) is 10.3 Å². The number of pyridine rings is 1. The van der Waals surface area contributed by atoms with E-state index < -0.39 is 0 Å². The van der Waals surface area contributed by atoms with Gasteiger partial charge in [0, 0.05) is 38.1 Å². The zero-order valence-electron chi connectivity index (χ0n) is 13.6. The number of ether oxygens (including phenoxy) is 1. The molecule has 5 heteroatoms. The highest BCUT2D eigenvalue weighted by molar-refractivity contribution is 5.94. The molecule has 1 unspecified atom stereocenters. The Balaban J connectivity index is 1.95. The molecule has 2 rings (SSSR count). The van der Waals surface area contributed by atoms with Gasteiger partial charge in [-0.1, -0.05) is 30.3 Å². The van der Waals surface area contributed by atoms with Crippen LogP contribution in [-0.4, -0.2) is 31.2 Å². The Labute approximate surface area is 137 Å². The van der Waals surface area contributed by atoms with Crippen LogP contribution in [0.25, 0.3) is 0 Å². The third-order valence-corrected chi connectivity index (χ3v) is 3.50. The van der Waals surface area contributed by atoms with E-state index in [1.54, 1.807) is 25.4 Å². The second-order valence-electron chi connectivity index (χ2n) is 5.31. The van der Waals surface area contributed by atoms with Crippen LogP contribution in [0.4, 0.5) is 5.82 Å². The Kier molecular flexibility index (Phi) is 6.56. The third kappa shape index (κ3) is 5.38. The predicted molar refractivity (Wildman–Crippen MR) is 91.5 cm³/mol. The van der Waals surface area contributed by atoms with Crippen molar-refractivity contribution < 1.29 is 9.53 Å². The summed E-state index contributed by atoms with van der Waals surface area (Å²) in [6.07, 6.45) is 2.44. The summed E-state index contributed by atoms with van der Waals surface area (Å²) in [5, 5.41) is 6.19. The number of methoxy groups -OCH3 is 1. The second-order valence-corrected chi connectivity index (χ2v) is 5.31. The van der Waals surface area contributed by atoms with Gasteiger partial charge in [-0.2, -0.15) is 0 Å². The Morgan fingerprint density at radius 1 is 1.26 bits per heavy atom. The molecule has 0 saturated heterocycles. The topological polar surface area (TPSA) is 63.2 Å². The molecule has 0 fully saturated rings. The number of amides is 1. The van der Waals surface area contributed by atoms with Crippen LogP contribution >= 0.6 is 0 Å². The van der Waals surface area contributed by atoms with Crippen molar-refractivity contribution >= 4 is 11.7 Å². The lowest BCUT2D eigenvalue weighted by Gasteiger charge is -2.15. The quantitative estimate of drug-likeness (QED) is 0.735. The average molecular weight is 313 g/mol. The molecular weight excluding hydrogens is 290 g/mol. The molecule has 1 aromatic heterocycles. The van der Waals surface area contributed by atoms with Gasteiger partial charge < -0.3 is 15.4 Å². The Morgan fingerprint density at radius 2 is 2.04 bits per heavy atom. The first-order valence-electron chi connectivity index (χ1n) is 7.75. The highest BCUT2D eigenvalue weighted by Gasteiger charge is 2.09. The summed E-state index contributed by atoms with van der Waals surface area (Å²) in [6.45, 7) is 3.30. The summed E-state index contributed by atoms with van der Waals surface area (Å²) >= 11 is 0. The number of aromatic nitrogens is 1. The van der Waals surface area contributed by atoms with Crippen molar-refractivity contribution in [2.75, 3.05) is 25.6 Å². The third-order valence-electron chi connectivity index (χ3n) is 3.50. The molecule has 0 spiro atoms. The van der Waals surface area contributed by atoms with E-state index in [4.69, 9.17) is 4.74 Å². The molecular formula is C18H23N3O2. The van der Waals surface area contributed by atoms with E-state index in [-0.39, 0.29) is 11.9 Å². The van der Waals surface area contributed by atoms with E-state index in [9.17, 15) is 4.79 Å². The number of hydrogen-bond acceptors (Lipinski definition) is 4. The Bertz CT molecular complexity index is 617. The first-order valence-corrected chi connectivity index (χ1v) is 7.75. The van der Waals surface area contributed by atoms with Gasteiger partial charge in [-0.3, -0.25) is 4.79 Å². The van der Waals surface area contributed by atoms with Gasteiger partial charge in [0.15, 0.2) is 0 Å². The van der Waals surface area contributed by atoms with E-state index in [2.05, 4.69) is 34.7 Å². The molecule has 0 bridgehead atoms. The van der Waals surface area contributed by atoms with Gasteiger partial charge in [-0.15, -0.1) is 0 Å². The fourth-order valence-electron chi connectivity index (χ4n) is 2.22. The van der Waals surface area contributed by atoms with Crippen LogP contribution in [0, 0.1) is 0 Å². The number of nitrogens with one attached hydrogen (secondary N) is 2. The highest BCUT2D eigenvalue weighted by atomic mass is 16.5. The molecule has 0 saturated carbocycles. The fraction of sp³-hybridized carbons (Fsp3) is 0.333. The number of carbonyl (C=O) groups excluding carboxylic acids is 1. The van der Waals surface area contributed by atoms with Gasteiger partial charge in [0.1, 0.15) is 5.82 Å². The lowest BCUT2D eigenvalue weighted by Crippen LogP contribution is -2.25. The smallest absolute Gasteiger partial charge is 0.251 e. The van der Waals surface area contributed by atoms with Crippen LogP contribution in [0.5, 0.6) is 0 Å². The zero-order valence-corrected chi connectivity index (χ0v) is 13.6. The number of nitrogens with zero attached hydrogens (tertiary/aromatic N) is 1. The van der Waals surface area contributed by atoms with Crippen molar-refractivity contribution in [2.45, 2.75) is 19.4 Å². The van der Waals surface area contributed by atoms with Crippen LogP contribution in [0.3, 0.4) is 0 Å². The number of rotatable bonds is 8. The molecule has 2 N–H and O–H groups in total. The average Bonchev–Trinajstić information content (AvgIpc) is 2.59. The van der Waals surface area contributed by atoms with Crippen LogP contribution in [0.1, 0.15) is 35.3 Å². The number of anilines is 1. The lowest BCUT2D eigenvalue weighted by molar-refractivity contribution is 0.0948. The van der Waals surface area contributed by atoms with Gasteiger partial charge in [-0.25, -0.2) is 4.98 Å². The molecule has 5 nitrogen and oxygen atoms in total. The minimum absolute atomic E-state index is 0.0982. The summed E-state index contributed by atoms with van der Waals surface area (Å²) in [5.41, 5.74) is 1.77. The van der Waals surface area contributed by atoms with Crippen LogP contribution in [0.15, 0.2) is 48.7 Å². The predicted octanol–water partition coefficient (Wildman–Crippen LogP) is 3.02. The molecule has 1 aromatic carbocycles. The summed E-state index contributed by atoms with van der Waals surface area (Å²) in [6, 6.07) is 13.7. The summed E-state index contributed by atoms with van der Waals surface area (Å²) < 4.78 is 4.96. The zero-order chi connectivity index (χ0) is 16.5. The van der Waals surface area contributed by atoms with Crippen molar-refractivity contribution in [3.8, 4) is 0 Å². The standard InChI is InChI=1S/C18H23N3O2/c1-14(15-7-4-3-5-8-15)21-17-13-16(9-11-19-17)18(22)20-10-6-12-23-2/h3-5,7-9,11,13-14H,6,10,12H2,1-2H3,(H,19,21)(H,20,22). The van der Waals surface area contributed by atoms with E-state index in [0.29, 0.717) is 24.5 Å². The monoisotopic (exact) mass is 313 g/mol. The van der Waals surface area contributed by atoms with Gasteiger partial charge in [0.05, 0.1) is 0 Å². The number of hydrogen-bond donors (Lipinski definition) is 2. The van der Waals surface area contributed by atoms with Crippen LogP contribution < -0.4 is 10.6 Å². The van der Waals surface area contributed by atoms with Gasteiger partial charge in [0.25, 0.3) is 5.91 Å². The van der Waals surface area contributed by atoms with Crippen molar-refractivity contribution in [1.29, 1.82) is 0 Å². The molecule has 0 radical (unpaired) electrons. The summed E-state index contributed by atoms with van der Waals surface area (Å²) in [4.78, 5) is 16.4. The minimum Gasteiger partial charge on any atom is -0.385 e. The normalized spacial score (nSPS) is 11.7. The van der Waals surface area contributed by atoms with Gasteiger partial charge in [0.2, 0.25) is 0 Å². The van der Waals surface area contributed by atoms with Crippen LogP contribution in [-0.2, 0) is 4.74 Å². The number of benzene rings is 1. The van der Waals surface area contributed by atoms with E-state index in [1.165, 1.54) is 5.56 Å². The maximum Gasteiger partial charge on any atom is 0.251 e. The largest absolute Gasteiger partial charge is 0.385 e. The molecule has 0 aliphatic heterocycles.